The van der Waals surface area contributed by atoms with E-state index in [4.69, 9.17) is 0 Å². The van der Waals surface area contributed by atoms with Crippen molar-refractivity contribution in [2.75, 3.05) is 32.7 Å². The van der Waals surface area contributed by atoms with Crippen molar-refractivity contribution in [1.29, 1.82) is 0 Å². The monoisotopic (exact) mass is 377 g/mol. The molecule has 2 fully saturated rings. The Kier molecular flexibility index (Phi) is 7.08. The average Bonchev–Trinajstić information content (AvgIpc) is 3.31. The van der Waals surface area contributed by atoms with Crippen LogP contribution >= 0.6 is 11.3 Å². The molecule has 5 nitrogen and oxygen atoms in total. The van der Waals surface area contributed by atoms with Crippen molar-refractivity contribution in [1.82, 2.24) is 15.1 Å². The Morgan fingerprint density at radius 2 is 2.04 bits per heavy atom. The third kappa shape index (κ3) is 5.30. The lowest BCUT2D eigenvalue weighted by atomic mass is 9.99. The van der Waals surface area contributed by atoms with E-state index < -0.39 is 0 Å². The van der Waals surface area contributed by atoms with Gasteiger partial charge < -0.3 is 15.1 Å². The third-order valence-corrected chi connectivity index (χ3v) is 6.48. The summed E-state index contributed by atoms with van der Waals surface area (Å²) in [5.74, 6) is 0.952. The molecular formula is C20H31N3O2S. The van der Waals surface area contributed by atoms with Crippen LogP contribution in [0.2, 0.25) is 0 Å². The second-order valence-corrected chi connectivity index (χ2v) is 8.70. The van der Waals surface area contributed by atoms with Crippen LogP contribution in [-0.2, 0) is 16.0 Å². The fourth-order valence-electron chi connectivity index (χ4n) is 3.92. The van der Waals surface area contributed by atoms with E-state index in [2.05, 4.69) is 17.1 Å². The van der Waals surface area contributed by atoms with Gasteiger partial charge in [-0.25, -0.2) is 0 Å². The Morgan fingerprint density at radius 3 is 2.77 bits per heavy atom. The third-order valence-electron chi connectivity index (χ3n) is 5.61. The molecule has 0 aliphatic carbocycles. The molecule has 2 aliphatic rings. The number of likely N-dealkylation sites (tertiary alicyclic amines) is 2. The zero-order valence-corrected chi connectivity index (χ0v) is 16.6. The first-order valence-corrected chi connectivity index (χ1v) is 10.8. The second-order valence-electron chi connectivity index (χ2n) is 7.67. The molecule has 3 rings (SSSR count). The van der Waals surface area contributed by atoms with Gasteiger partial charge in [0, 0.05) is 18.0 Å². The number of amides is 2. The first-order chi connectivity index (χ1) is 12.6. The summed E-state index contributed by atoms with van der Waals surface area (Å²) in [6, 6.07) is 3.66. The van der Waals surface area contributed by atoms with Gasteiger partial charge in [-0.1, -0.05) is 13.0 Å². The first kappa shape index (κ1) is 19.4. The van der Waals surface area contributed by atoms with Gasteiger partial charge in [-0.15, -0.1) is 11.3 Å². The van der Waals surface area contributed by atoms with Gasteiger partial charge in [0.2, 0.25) is 11.8 Å². The molecular weight excluding hydrogens is 346 g/mol. The summed E-state index contributed by atoms with van der Waals surface area (Å²) in [4.78, 5) is 30.4. The molecule has 144 valence electrons. The number of piperidine rings is 1. The Hall–Kier alpha value is -1.40. The fraction of sp³-hybridized carbons (Fsp3) is 0.700. The molecule has 0 spiro atoms. The molecule has 1 atom stereocenters. The minimum absolute atomic E-state index is 0.0225. The SMILES string of the molecule is CC1CCN(CCCNC(=O)C2CCCN2C(=O)Cc2cccs2)CC1. The van der Waals surface area contributed by atoms with Crippen LogP contribution in [-0.4, -0.2) is 60.4 Å². The number of nitrogens with zero attached hydrogens (tertiary/aromatic N) is 2. The molecule has 0 saturated carbocycles. The lowest BCUT2D eigenvalue weighted by molar-refractivity contribution is -0.137. The van der Waals surface area contributed by atoms with Crippen LogP contribution in [0.1, 0.15) is 43.9 Å². The van der Waals surface area contributed by atoms with Crippen LogP contribution in [0.4, 0.5) is 0 Å². The summed E-state index contributed by atoms with van der Waals surface area (Å²) < 4.78 is 0. The molecule has 2 aliphatic heterocycles. The number of carbonyl (C=O) groups excluding carboxylic acids is 2. The predicted molar refractivity (Wildman–Crippen MR) is 105 cm³/mol. The molecule has 0 bridgehead atoms. The van der Waals surface area contributed by atoms with E-state index in [9.17, 15) is 9.59 Å². The highest BCUT2D eigenvalue weighted by Gasteiger charge is 2.33. The first-order valence-electron chi connectivity index (χ1n) is 9.95. The van der Waals surface area contributed by atoms with E-state index in [0.29, 0.717) is 19.5 Å². The van der Waals surface area contributed by atoms with Crippen molar-refractivity contribution in [3.63, 3.8) is 0 Å². The largest absolute Gasteiger partial charge is 0.354 e. The quantitative estimate of drug-likeness (QED) is 0.743. The Labute approximate surface area is 160 Å². The maximum absolute atomic E-state index is 12.5. The maximum Gasteiger partial charge on any atom is 0.242 e. The number of hydrogen-bond acceptors (Lipinski definition) is 4. The zero-order chi connectivity index (χ0) is 18.4. The van der Waals surface area contributed by atoms with E-state index in [0.717, 1.165) is 36.6 Å². The summed E-state index contributed by atoms with van der Waals surface area (Å²) in [6.45, 7) is 7.15. The highest BCUT2D eigenvalue weighted by atomic mass is 32.1. The van der Waals surface area contributed by atoms with Gasteiger partial charge in [-0.05, 0) is 69.1 Å². The average molecular weight is 378 g/mol. The molecule has 1 aromatic heterocycles. The van der Waals surface area contributed by atoms with Gasteiger partial charge in [0.05, 0.1) is 6.42 Å². The maximum atomic E-state index is 12.5. The van der Waals surface area contributed by atoms with E-state index in [1.807, 2.05) is 17.5 Å². The molecule has 0 aromatic carbocycles. The van der Waals surface area contributed by atoms with Gasteiger partial charge >= 0.3 is 0 Å². The number of carbonyl (C=O) groups is 2. The second kappa shape index (κ2) is 9.51. The molecule has 1 unspecified atom stereocenters. The van der Waals surface area contributed by atoms with Crippen LogP contribution in [0.15, 0.2) is 17.5 Å². The normalized spacial score (nSPS) is 21.9. The molecule has 1 N–H and O–H groups in total. The molecule has 1 aromatic rings. The highest BCUT2D eigenvalue weighted by Crippen LogP contribution is 2.20. The van der Waals surface area contributed by atoms with Gasteiger partial charge in [0.15, 0.2) is 0 Å². The number of thiophene rings is 1. The summed E-state index contributed by atoms with van der Waals surface area (Å²) in [7, 11) is 0. The van der Waals surface area contributed by atoms with Crippen molar-refractivity contribution in [3.8, 4) is 0 Å². The van der Waals surface area contributed by atoms with Crippen molar-refractivity contribution in [2.45, 2.75) is 51.5 Å². The lowest BCUT2D eigenvalue weighted by Crippen LogP contribution is -2.47. The van der Waals surface area contributed by atoms with Gasteiger partial charge in [-0.3, -0.25) is 9.59 Å². The number of nitrogens with one attached hydrogen (secondary N) is 1. The van der Waals surface area contributed by atoms with E-state index >= 15 is 0 Å². The molecule has 6 heteroatoms. The van der Waals surface area contributed by atoms with E-state index in [1.165, 1.54) is 25.9 Å². The highest BCUT2D eigenvalue weighted by molar-refractivity contribution is 7.10. The van der Waals surface area contributed by atoms with Crippen molar-refractivity contribution < 1.29 is 9.59 Å². The minimum atomic E-state index is -0.279. The molecule has 26 heavy (non-hydrogen) atoms. The Bertz CT molecular complexity index is 582. The van der Waals surface area contributed by atoms with Gasteiger partial charge in [0.1, 0.15) is 6.04 Å². The summed E-state index contributed by atoms with van der Waals surface area (Å²) >= 11 is 1.60. The lowest BCUT2D eigenvalue weighted by Gasteiger charge is -2.30. The Morgan fingerprint density at radius 1 is 1.23 bits per heavy atom. The van der Waals surface area contributed by atoms with Crippen molar-refractivity contribution in [2.24, 2.45) is 5.92 Å². The zero-order valence-electron chi connectivity index (χ0n) is 15.8. The number of hydrogen-bond donors (Lipinski definition) is 1. The van der Waals surface area contributed by atoms with Crippen LogP contribution in [0, 0.1) is 5.92 Å². The number of rotatable bonds is 7. The fourth-order valence-corrected chi connectivity index (χ4v) is 4.62. The van der Waals surface area contributed by atoms with Crippen LogP contribution < -0.4 is 5.32 Å². The summed E-state index contributed by atoms with van der Waals surface area (Å²) in [6.07, 6.45) is 5.67. The minimum Gasteiger partial charge on any atom is -0.354 e. The van der Waals surface area contributed by atoms with Crippen molar-refractivity contribution in [3.05, 3.63) is 22.4 Å². The molecule has 2 saturated heterocycles. The molecule has 2 amide bonds. The topological polar surface area (TPSA) is 52.7 Å². The van der Waals surface area contributed by atoms with Crippen LogP contribution in [0.5, 0.6) is 0 Å². The van der Waals surface area contributed by atoms with E-state index in [-0.39, 0.29) is 17.9 Å². The smallest absolute Gasteiger partial charge is 0.242 e. The van der Waals surface area contributed by atoms with Crippen LogP contribution in [0.25, 0.3) is 0 Å². The van der Waals surface area contributed by atoms with Gasteiger partial charge in [-0.2, -0.15) is 0 Å². The van der Waals surface area contributed by atoms with Crippen LogP contribution in [0.3, 0.4) is 0 Å². The molecule has 3 heterocycles. The predicted octanol–water partition coefficient (Wildman–Crippen LogP) is 2.52. The van der Waals surface area contributed by atoms with Gasteiger partial charge in [0.25, 0.3) is 0 Å². The Balaban J connectivity index is 1.38. The van der Waals surface area contributed by atoms with E-state index in [1.54, 1.807) is 16.2 Å². The van der Waals surface area contributed by atoms with Crippen molar-refractivity contribution >= 4 is 23.2 Å². The standard InChI is InChI=1S/C20H31N3O2S/c1-16-7-12-22(13-8-16)10-4-9-21-20(25)18-6-2-11-23(18)19(24)15-17-5-3-14-26-17/h3,5,14,16,18H,2,4,6-13,15H2,1H3,(H,21,25). The summed E-state index contributed by atoms with van der Waals surface area (Å²) in [5, 5.41) is 5.05. The molecule has 0 radical (unpaired) electrons. The summed E-state index contributed by atoms with van der Waals surface area (Å²) in [5.41, 5.74) is 0.